The molecule has 2 aromatic carbocycles. The number of ether oxygens (including phenoxy) is 3. The zero-order chi connectivity index (χ0) is 20.1. The van der Waals surface area contributed by atoms with Crippen LogP contribution in [0.15, 0.2) is 42.5 Å². The number of benzene rings is 2. The molecule has 2 aromatic rings. The molecule has 0 aliphatic carbocycles. The SMILES string of the molecule is COc1ccc(C2CCCN2C(=O)COc2ccccc2[N+](=O)[O-])c(OC)c1. The Balaban J connectivity index is 1.75. The van der Waals surface area contributed by atoms with Crippen LogP contribution in [0.1, 0.15) is 24.4 Å². The van der Waals surface area contributed by atoms with Gasteiger partial charge in [0.15, 0.2) is 12.4 Å². The smallest absolute Gasteiger partial charge is 0.310 e. The van der Waals surface area contributed by atoms with Gasteiger partial charge in [-0.3, -0.25) is 14.9 Å². The van der Waals surface area contributed by atoms with Gasteiger partial charge in [0.2, 0.25) is 0 Å². The van der Waals surface area contributed by atoms with Crippen LogP contribution in [0.2, 0.25) is 0 Å². The van der Waals surface area contributed by atoms with Crippen molar-refractivity contribution in [1.29, 1.82) is 0 Å². The molecule has 1 fully saturated rings. The summed E-state index contributed by atoms with van der Waals surface area (Å²) in [6.07, 6.45) is 1.66. The molecule has 148 valence electrons. The van der Waals surface area contributed by atoms with E-state index in [2.05, 4.69) is 0 Å². The van der Waals surface area contributed by atoms with Gasteiger partial charge in [-0.1, -0.05) is 12.1 Å². The molecule has 8 heteroatoms. The van der Waals surface area contributed by atoms with E-state index in [1.165, 1.54) is 12.1 Å². The second kappa shape index (κ2) is 8.60. The number of hydrogen-bond donors (Lipinski definition) is 0. The van der Waals surface area contributed by atoms with Crippen molar-refractivity contribution in [3.63, 3.8) is 0 Å². The van der Waals surface area contributed by atoms with Crippen molar-refractivity contribution in [3.8, 4) is 17.2 Å². The molecule has 28 heavy (non-hydrogen) atoms. The third-order valence-corrected chi connectivity index (χ3v) is 4.79. The van der Waals surface area contributed by atoms with E-state index in [9.17, 15) is 14.9 Å². The number of carbonyl (C=O) groups is 1. The van der Waals surface area contributed by atoms with Crippen LogP contribution in [0.25, 0.3) is 0 Å². The van der Waals surface area contributed by atoms with Crippen LogP contribution in [0.3, 0.4) is 0 Å². The number of hydrogen-bond acceptors (Lipinski definition) is 6. The molecule has 8 nitrogen and oxygen atoms in total. The standard InChI is InChI=1S/C20H22N2O6/c1-26-14-9-10-15(19(12-14)27-2)16-7-5-11-21(16)20(23)13-28-18-8-4-3-6-17(18)22(24)25/h3-4,6,8-10,12,16H,5,7,11,13H2,1-2H3. The second-order valence-corrected chi connectivity index (χ2v) is 6.37. The maximum absolute atomic E-state index is 12.8. The number of likely N-dealkylation sites (tertiary alicyclic amines) is 1. The molecule has 1 saturated heterocycles. The molecule has 1 amide bonds. The van der Waals surface area contributed by atoms with Crippen LogP contribution in [0.5, 0.6) is 17.2 Å². The van der Waals surface area contributed by atoms with E-state index in [0.29, 0.717) is 18.0 Å². The van der Waals surface area contributed by atoms with Crippen LogP contribution in [0.4, 0.5) is 5.69 Å². The first kappa shape index (κ1) is 19.5. The molecule has 0 N–H and O–H groups in total. The predicted molar refractivity (Wildman–Crippen MR) is 102 cm³/mol. The summed E-state index contributed by atoms with van der Waals surface area (Å²) >= 11 is 0. The third kappa shape index (κ3) is 4.00. The fraction of sp³-hybridized carbons (Fsp3) is 0.350. The van der Waals surface area contributed by atoms with Crippen molar-refractivity contribution < 1.29 is 23.9 Å². The van der Waals surface area contributed by atoms with E-state index in [-0.39, 0.29) is 30.0 Å². The lowest BCUT2D eigenvalue weighted by molar-refractivity contribution is -0.385. The van der Waals surface area contributed by atoms with Gasteiger partial charge in [0.05, 0.1) is 25.2 Å². The molecule has 1 atom stereocenters. The molecule has 1 heterocycles. The Morgan fingerprint density at radius 2 is 1.96 bits per heavy atom. The quantitative estimate of drug-likeness (QED) is 0.535. The summed E-state index contributed by atoms with van der Waals surface area (Å²) in [7, 11) is 3.16. The molecule has 0 bridgehead atoms. The lowest BCUT2D eigenvalue weighted by atomic mass is 10.0. The van der Waals surface area contributed by atoms with Crippen LogP contribution < -0.4 is 14.2 Å². The first-order valence-electron chi connectivity index (χ1n) is 8.92. The topological polar surface area (TPSA) is 91.1 Å². The summed E-state index contributed by atoms with van der Waals surface area (Å²) in [6, 6.07) is 11.4. The van der Waals surface area contributed by atoms with E-state index < -0.39 is 4.92 Å². The first-order valence-corrected chi connectivity index (χ1v) is 8.92. The van der Waals surface area contributed by atoms with Gasteiger partial charge in [-0.25, -0.2) is 0 Å². The van der Waals surface area contributed by atoms with E-state index >= 15 is 0 Å². The average Bonchev–Trinajstić information content (AvgIpc) is 3.21. The fourth-order valence-electron chi connectivity index (χ4n) is 3.43. The number of amides is 1. The minimum Gasteiger partial charge on any atom is -0.497 e. The Kier molecular flexibility index (Phi) is 5.98. The van der Waals surface area contributed by atoms with Gasteiger partial charge in [0.1, 0.15) is 11.5 Å². The lowest BCUT2D eigenvalue weighted by Gasteiger charge is -2.26. The number of nitro benzene ring substituents is 1. The zero-order valence-corrected chi connectivity index (χ0v) is 15.8. The monoisotopic (exact) mass is 386 g/mol. The van der Waals surface area contributed by atoms with Crippen LogP contribution in [-0.2, 0) is 4.79 Å². The van der Waals surface area contributed by atoms with Gasteiger partial charge < -0.3 is 19.1 Å². The summed E-state index contributed by atoms with van der Waals surface area (Å²) < 4.78 is 16.2. The summed E-state index contributed by atoms with van der Waals surface area (Å²) in [4.78, 5) is 25.1. The van der Waals surface area contributed by atoms with Crippen LogP contribution in [-0.4, -0.2) is 43.1 Å². The molecule has 1 unspecified atom stereocenters. The molecule has 0 spiro atoms. The van der Waals surface area contributed by atoms with Crippen molar-refractivity contribution in [3.05, 3.63) is 58.1 Å². The van der Waals surface area contributed by atoms with Gasteiger partial charge in [-0.05, 0) is 31.0 Å². The van der Waals surface area contributed by atoms with Crippen molar-refractivity contribution >= 4 is 11.6 Å². The molecule has 1 aliphatic heterocycles. The molecule has 3 rings (SSSR count). The third-order valence-electron chi connectivity index (χ3n) is 4.79. The van der Waals surface area contributed by atoms with Gasteiger partial charge in [0.25, 0.3) is 5.91 Å². The highest BCUT2D eigenvalue weighted by atomic mass is 16.6. The maximum Gasteiger partial charge on any atom is 0.310 e. The zero-order valence-electron chi connectivity index (χ0n) is 15.8. The number of nitro groups is 1. The van der Waals surface area contributed by atoms with E-state index in [4.69, 9.17) is 14.2 Å². The Morgan fingerprint density at radius 1 is 1.18 bits per heavy atom. The normalized spacial score (nSPS) is 15.9. The Bertz CT molecular complexity index is 870. The molecule has 0 aromatic heterocycles. The number of methoxy groups -OCH3 is 2. The Morgan fingerprint density at radius 3 is 2.68 bits per heavy atom. The maximum atomic E-state index is 12.8. The van der Waals surface area contributed by atoms with E-state index in [0.717, 1.165) is 18.4 Å². The van der Waals surface area contributed by atoms with Crippen molar-refractivity contribution in [1.82, 2.24) is 4.90 Å². The molecular formula is C20H22N2O6. The van der Waals surface area contributed by atoms with Crippen LogP contribution in [0, 0.1) is 10.1 Å². The Hall–Kier alpha value is -3.29. The molecule has 1 aliphatic rings. The second-order valence-electron chi connectivity index (χ2n) is 6.37. The van der Waals surface area contributed by atoms with E-state index in [1.807, 2.05) is 12.1 Å². The average molecular weight is 386 g/mol. The van der Waals surface area contributed by atoms with Crippen molar-refractivity contribution in [2.75, 3.05) is 27.4 Å². The van der Waals surface area contributed by atoms with Gasteiger partial charge in [0, 0.05) is 24.2 Å². The summed E-state index contributed by atoms with van der Waals surface area (Å²) in [5.74, 6) is 1.19. The lowest BCUT2D eigenvalue weighted by Crippen LogP contribution is -2.34. The summed E-state index contributed by atoms with van der Waals surface area (Å²) in [6.45, 7) is 0.332. The van der Waals surface area contributed by atoms with Crippen molar-refractivity contribution in [2.45, 2.75) is 18.9 Å². The highest BCUT2D eigenvalue weighted by Gasteiger charge is 2.32. The molecule has 0 radical (unpaired) electrons. The summed E-state index contributed by atoms with van der Waals surface area (Å²) in [5, 5.41) is 11.1. The Labute approximate surface area is 162 Å². The largest absolute Gasteiger partial charge is 0.497 e. The molecular weight excluding hydrogens is 364 g/mol. The van der Waals surface area contributed by atoms with Crippen molar-refractivity contribution in [2.24, 2.45) is 0 Å². The number of nitrogens with zero attached hydrogens (tertiary/aromatic N) is 2. The minimum absolute atomic E-state index is 0.0821. The predicted octanol–water partition coefficient (Wildman–Crippen LogP) is 3.35. The van der Waals surface area contributed by atoms with Gasteiger partial charge in [-0.15, -0.1) is 0 Å². The first-order chi connectivity index (χ1) is 13.5. The van der Waals surface area contributed by atoms with Gasteiger partial charge in [-0.2, -0.15) is 0 Å². The summed E-state index contributed by atoms with van der Waals surface area (Å²) in [5.41, 5.74) is 0.741. The highest BCUT2D eigenvalue weighted by molar-refractivity contribution is 5.79. The van der Waals surface area contributed by atoms with E-state index in [1.54, 1.807) is 37.3 Å². The fourth-order valence-corrected chi connectivity index (χ4v) is 3.43. The number of para-hydroxylation sites is 2. The number of rotatable bonds is 7. The number of carbonyl (C=O) groups excluding carboxylic acids is 1. The minimum atomic E-state index is -0.527. The highest BCUT2D eigenvalue weighted by Crippen LogP contribution is 2.38. The van der Waals surface area contributed by atoms with Gasteiger partial charge >= 0.3 is 5.69 Å². The van der Waals surface area contributed by atoms with Crippen LogP contribution >= 0.6 is 0 Å². The molecule has 0 saturated carbocycles.